The van der Waals surface area contributed by atoms with Crippen molar-refractivity contribution >= 4 is 0 Å². The zero-order valence-corrected chi connectivity index (χ0v) is 19.2. The summed E-state index contributed by atoms with van der Waals surface area (Å²) in [6, 6.07) is 15.2. The van der Waals surface area contributed by atoms with Crippen LogP contribution in [-0.4, -0.2) is 0 Å². The van der Waals surface area contributed by atoms with E-state index in [0.717, 1.165) is 29.4 Å². The van der Waals surface area contributed by atoms with Gasteiger partial charge in [-0.1, -0.05) is 108 Å². The highest BCUT2D eigenvalue weighted by atomic mass is 19.1. The molecule has 31 heavy (non-hydrogen) atoms. The van der Waals surface area contributed by atoms with Gasteiger partial charge in [-0.25, -0.2) is 4.39 Å². The second-order valence-corrected chi connectivity index (χ2v) is 9.49. The number of rotatable bonds is 11. The van der Waals surface area contributed by atoms with Crippen molar-refractivity contribution in [2.45, 2.75) is 90.4 Å². The average Bonchev–Trinajstić information content (AvgIpc) is 2.81. The van der Waals surface area contributed by atoms with E-state index in [-0.39, 0.29) is 5.56 Å². The fourth-order valence-electron chi connectivity index (χ4n) is 5.04. The Hall–Kier alpha value is -2.14. The summed E-state index contributed by atoms with van der Waals surface area (Å²) in [7, 11) is 0. The van der Waals surface area contributed by atoms with E-state index in [9.17, 15) is 4.39 Å². The van der Waals surface area contributed by atoms with E-state index >= 15 is 0 Å². The van der Waals surface area contributed by atoms with Crippen molar-refractivity contribution in [2.75, 3.05) is 0 Å². The molecule has 0 unspecified atom stereocenters. The van der Waals surface area contributed by atoms with Crippen molar-refractivity contribution in [3.05, 3.63) is 59.4 Å². The molecule has 0 saturated heterocycles. The molecule has 1 fully saturated rings. The maximum absolute atomic E-state index is 13.9. The topological polar surface area (TPSA) is 23.8 Å². The largest absolute Gasteiger partial charge is 0.206 e. The van der Waals surface area contributed by atoms with Crippen molar-refractivity contribution in [3.63, 3.8) is 0 Å². The van der Waals surface area contributed by atoms with Gasteiger partial charge >= 0.3 is 0 Å². The van der Waals surface area contributed by atoms with Gasteiger partial charge in [0.15, 0.2) is 0 Å². The molecule has 1 nitrogen and oxygen atoms in total. The lowest BCUT2D eigenvalue weighted by Gasteiger charge is -2.28. The maximum Gasteiger partial charge on any atom is 0.141 e. The van der Waals surface area contributed by atoms with Crippen LogP contribution in [0, 0.1) is 29.0 Å². The molecule has 0 spiro atoms. The predicted molar refractivity (Wildman–Crippen MR) is 128 cm³/mol. The molecule has 0 bridgehead atoms. The van der Waals surface area contributed by atoms with E-state index in [4.69, 9.17) is 5.26 Å². The Morgan fingerprint density at radius 1 is 0.806 bits per heavy atom. The van der Waals surface area contributed by atoms with Crippen LogP contribution in [0.15, 0.2) is 42.5 Å². The number of nitriles is 1. The molecule has 1 aliphatic rings. The Kier molecular flexibility index (Phi) is 9.60. The molecule has 0 aromatic heterocycles. The van der Waals surface area contributed by atoms with Crippen molar-refractivity contribution < 1.29 is 4.39 Å². The third-order valence-corrected chi connectivity index (χ3v) is 7.15. The van der Waals surface area contributed by atoms with Crippen LogP contribution in [0.2, 0.25) is 0 Å². The summed E-state index contributed by atoms with van der Waals surface area (Å²) in [6.45, 7) is 2.28. The molecule has 2 aromatic carbocycles. The average molecular weight is 420 g/mol. The number of benzene rings is 2. The Bertz CT molecular complexity index is 825. The lowest BCUT2D eigenvalue weighted by atomic mass is 9.77. The highest BCUT2D eigenvalue weighted by molar-refractivity contribution is 5.64. The summed E-state index contributed by atoms with van der Waals surface area (Å²) >= 11 is 0. The lowest BCUT2D eigenvalue weighted by Crippen LogP contribution is -2.15. The SMILES string of the molecule is CCCCCCCC[C@H]1CC[C@H](CCc2ccc(-c3ccc(C#N)c(F)c3)cc2)CC1. The molecular formula is C29H38FN. The number of aryl methyl sites for hydroxylation is 1. The second kappa shape index (κ2) is 12.7. The van der Waals surface area contributed by atoms with Crippen LogP contribution in [0.5, 0.6) is 0 Å². The standard InChI is InChI=1S/C29H38FN/c1-2-3-4-5-6-7-8-23-9-11-24(12-10-23)13-14-25-15-17-26(18-16-25)27-19-20-28(22-31)29(30)21-27/h15-21,23-24H,2-14H2,1H3/t23-,24-. The zero-order valence-electron chi connectivity index (χ0n) is 19.2. The molecule has 2 aromatic rings. The van der Waals surface area contributed by atoms with E-state index < -0.39 is 5.82 Å². The number of nitrogens with zero attached hydrogens (tertiary/aromatic N) is 1. The first kappa shape index (κ1) is 23.5. The minimum Gasteiger partial charge on any atom is -0.206 e. The summed E-state index contributed by atoms with van der Waals surface area (Å²) in [5.74, 6) is 1.42. The number of hydrogen-bond acceptors (Lipinski definition) is 1. The van der Waals surface area contributed by atoms with E-state index in [1.807, 2.05) is 12.1 Å². The van der Waals surface area contributed by atoms with Gasteiger partial charge in [0.25, 0.3) is 0 Å². The Labute approximate surface area is 188 Å². The van der Waals surface area contributed by atoms with Gasteiger partial charge in [0.05, 0.1) is 5.56 Å². The van der Waals surface area contributed by atoms with Gasteiger partial charge in [-0.3, -0.25) is 0 Å². The molecule has 0 atom stereocenters. The van der Waals surface area contributed by atoms with Crippen LogP contribution in [0.4, 0.5) is 4.39 Å². The minimum absolute atomic E-state index is 0.0991. The van der Waals surface area contributed by atoms with E-state index in [1.165, 1.54) is 88.7 Å². The summed E-state index contributed by atoms with van der Waals surface area (Å²) < 4.78 is 13.9. The summed E-state index contributed by atoms with van der Waals surface area (Å²) in [5.41, 5.74) is 3.29. The molecule has 0 radical (unpaired) electrons. The van der Waals surface area contributed by atoms with Crippen molar-refractivity contribution in [1.82, 2.24) is 0 Å². The third-order valence-electron chi connectivity index (χ3n) is 7.15. The smallest absolute Gasteiger partial charge is 0.141 e. The van der Waals surface area contributed by atoms with Crippen LogP contribution >= 0.6 is 0 Å². The van der Waals surface area contributed by atoms with Gasteiger partial charge in [0.2, 0.25) is 0 Å². The zero-order chi connectivity index (χ0) is 21.9. The first-order valence-corrected chi connectivity index (χ1v) is 12.5. The highest BCUT2D eigenvalue weighted by Crippen LogP contribution is 2.34. The lowest BCUT2D eigenvalue weighted by molar-refractivity contribution is 0.248. The van der Waals surface area contributed by atoms with E-state index in [2.05, 4.69) is 31.2 Å². The van der Waals surface area contributed by atoms with E-state index in [1.54, 1.807) is 6.07 Å². The van der Waals surface area contributed by atoms with Gasteiger partial charge in [0, 0.05) is 0 Å². The summed E-state index contributed by atoms with van der Waals surface area (Å²) in [6.07, 6.45) is 18.0. The van der Waals surface area contributed by atoms with Crippen LogP contribution in [0.3, 0.4) is 0 Å². The van der Waals surface area contributed by atoms with Crippen LogP contribution in [0.25, 0.3) is 11.1 Å². The fourth-order valence-corrected chi connectivity index (χ4v) is 5.04. The van der Waals surface area contributed by atoms with Crippen LogP contribution < -0.4 is 0 Å². The summed E-state index contributed by atoms with van der Waals surface area (Å²) in [5, 5.41) is 8.88. The molecule has 0 N–H and O–H groups in total. The first-order valence-electron chi connectivity index (χ1n) is 12.5. The van der Waals surface area contributed by atoms with Crippen molar-refractivity contribution in [3.8, 4) is 17.2 Å². The van der Waals surface area contributed by atoms with Gasteiger partial charge in [0.1, 0.15) is 11.9 Å². The number of halogens is 1. The quantitative estimate of drug-likeness (QED) is 0.334. The third kappa shape index (κ3) is 7.49. The normalized spacial score (nSPS) is 18.6. The molecule has 2 heteroatoms. The predicted octanol–water partition coefficient (Wildman–Crippen LogP) is 8.85. The Morgan fingerprint density at radius 2 is 1.42 bits per heavy atom. The molecule has 1 aliphatic carbocycles. The van der Waals surface area contributed by atoms with Crippen molar-refractivity contribution in [2.24, 2.45) is 11.8 Å². The molecule has 3 rings (SSSR count). The monoisotopic (exact) mass is 419 g/mol. The number of unbranched alkanes of at least 4 members (excludes halogenated alkanes) is 5. The molecule has 166 valence electrons. The number of hydrogen-bond donors (Lipinski definition) is 0. The van der Waals surface area contributed by atoms with Crippen LogP contribution in [0.1, 0.15) is 95.1 Å². The molecule has 0 amide bonds. The van der Waals surface area contributed by atoms with Gasteiger partial charge in [-0.05, 0) is 53.5 Å². The van der Waals surface area contributed by atoms with E-state index in [0.29, 0.717) is 0 Å². The molecule has 0 aliphatic heterocycles. The van der Waals surface area contributed by atoms with Crippen molar-refractivity contribution in [1.29, 1.82) is 5.26 Å². The van der Waals surface area contributed by atoms with Gasteiger partial charge < -0.3 is 0 Å². The fraction of sp³-hybridized carbons (Fsp3) is 0.552. The highest BCUT2D eigenvalue weighted by Gasteiger charge is 2.20. The Morgan fingerprint density at radius 3 is 2.06 bits per heavy atom. The molecular weight excluding hydrogens is 381 g/mol. The van der Waals surface area contributed by atoms with Gasteiger partial charge in [-0.15, -0.1) is 0 Å². The Balaban J connectivity index is 1.37. The second-order valence-electron chi connectivity index (χ2n) is 9.49. The molecule has 0 heterocycles. The van der Waals surface area contributed by atoms with Crippen LogP contribution in [-0.2, 0) is 6.42 Å². The first-order chi connectivity index (χ1) is 15.2. The molecule has 1 saturated carbocycles. The minimum atomic E-state index is -0.448. The maximum atomic E-state index is 13.9. The summed E-state index contributed by atoms with van der Waals surface area (Å²) in [4.78, 5) is 0. The van der Waals surface area contributed by atoms with Gasteiger partial charge in [-0.2, -0.15) is 5.26 Å².